The van der Waals surface area contributed by atoms with Gasteiger partial charge in [-0.25, -0.2) is 4.98 Å². The molecule has 5 heteroatoms. The van der Waals surface area contributed by atoms with Crippen LogP contribution >= 0.6 is 27.7 Å². The third kappa shape index (κ3) is 5.18. The Labute approximate surface area is 109 Å². The summed E-state index contributed by atoms with van der Waals surface area (Å²) in [7, 11) is 0. The molecule has 0 aliphatic heterocycles. The van der Waals surface area contributed by atoms with Crippen LogP contribution in [-0.4, -0.2) is 34.7 Å². The minimum Gasteiger partial charge on any atom is -0.396 e. The zero-order chi connectivity index (χ0) is 11.8. The maximum atomic E-state index is 8.61. The summed E-state index contributed by atoms with van der Waals surface area (Å²) in [6.07, 6.45) is 2.69. The second-order valence-corrected chi connectivity index (χ2v) is 5.51. The van der Waals surface area contributed by atoms with Crippen LogP contribution in [0.1, 0.15) is 12.0 Å². The van der Waals surface area contributed by atoms with E-state index in [2.05, 4.69) is 26.2 Å². The highest BCUT2D eigenvalue weighted by Crippen LogP contribution is 2.17. The number of halogens is 1. The van der Waals surface area contributed by atoms with Gasteiger partial charge >= 0.3 is 0 Å². The van der Waals surface area contributed by atoms with Gasteiger partial charge in [0, 0.05) is 29.6 Å². The van der Waals surface area contributed by atoms with Crippen LogP contribution in [0.3, 0.4) is 0 Å². The van der Waals surface area contributed by atoms with Crippen LogP contribution in [0.5, 0.6) is 0 Å². The van der Waals surface area contributed by atoms with Gasteiger partial charge < -0.3 is 10.4 Å². The molecule has 0 fully saturated rings. The number of aliphatic hydroxyl groups is 1. The van der Waals surface area contributed by atoms with E-state index in [0.29, 0.717) is 0 Å². The molecule has 0 saturated heterocycles. The average Bonchev–Trinajstić information content (AvgIpc) is 2.28. The molecule has 0 radical (unpaired) electrons. The Morgan fingerprint density at radius 1 is 1.50 bits per heavy atom. The van der Waals surface area contributed by atoms with Crippen LogP contribution in [0.15, 0.2) is 16.7 Å². The molecule has 0 saturated carbocycles. The second-order valence-electron chi connectivity index (χ2n) is 3.44. The fourth-order valence-electron chi connectivity index (χ4n) is 1.16. The van der Waals surface area contributed by atoms with Gasteiger partial charge in [0.05, 0.1) is 0 Å². The Morgan fingerprint density at radius 3 is 3.00 bits per heavy atom. The normalized spacial score (nSPS) is 10.4. The summed E-state index contributed by atoms with van der Waals surface area (Å²) < 4.78 is 1.04. The standard InChI is InChI=1S/C11H17BrN2OS/c1-9-7-11(14-8-10(9)12)13-3-6-16-5-2-4-15/h7-8,15H,2-6H2,1H3,(H,13,14). The van der Waals surface area contributed by atoms with Gasteiger partial charge in [0.1, 0.15) is 5.82 Å². The molecule has 3 nitrogen and oxygen atoms in total. The van der Waals surface area contributed by atoms with Crippen molar-refractivity contribution in [3.63, 3.8) is 0 Å². The summed E-state index contributed by atoms with van der Waals surface area (Å²) in [6.45, 7) is 3.24. The third-order valence-corrected chi connectivity index (χ3v) is 3.95. The molecule has 0 atom stereocenters. The monoisotopic (exact) mass is 304 g/mol. The van der Waals surface area contributed by atoms with Gasteiger partial charge in [-0.15, -0.1) is 0 Å². The molecular formula is C11H17BrN2OS. The summed E-state index contributed by atoms with van der Waals surface area (Å²) in [6, 6.07) is 2.03. The summed E-state index contributed by atoms with van der Waals surface area (Å²) in [5, 5.41) is 11.9. The van der Waals surface area contributed by atoms with Crippen molar-refractivity contribution in [3.05, 3.63) is 22.3 Å². The first-order valence-electron chi connectivity index (χ1n) is 5.28. The van der Waals surface area contributed by atoms with Gasteiger partial charge in [0.15, 0.2) is 0 Å². The first-order valence-corrected chi connectivity index (χ1v) is 7.23. The number of hydrogen-bond acceptors (Lipinski definition) is 4. The number of thioether (sulfide) groups is 1. The van der Waals surface area contributed by atoms with Crippen LogP contribution < -0.4 is 5.32 Å². The summed E-state index contributed by atoms with van der Waals surface area (Å²) in [4.78, 5) is 4.27. The molecule has 0 aliphatic carbocycles. The molecule has 0 amide bonds. The molecule has 0 aliphatic rings. The highest BCUT2D eigenvalue weighted by Gasteiger charge is 1.97. The van der Waals surface area contributed by atoms with Gasteiger partial charge in [-0.2, -0.15) is 11.8 Å². The Bertz CT molecular complexity index is 323. The number of rotatable bonds is 7. The number of aryl methyl sites for hydroxylation is 1. The van der Waals surface area contributed by atoms with E-state index < -0.39 is 0 Å². The van der Waals surface area contributed by atoms with Crippen molar-refractivity contribution < 1.29 is 5.11 Å². The van der Waals surface area contributed by atoms with Gasteiger partial charge in [-0.1, -0.05) is 0 Å². The highest BCUT2D eigenvalue weighted by atomic mass is 79.9. The fraction of sp³-hybridized carbons (Fsp3) is 0.545. The van der Waals surface area contributed by atoms with Crippen molar-refractivity contribution in [2.45, 2.75) is 13.3 Å². The summed E-state index contributed by atoms with van der Waals surface area (Å²) >= 11 is 5.27. The van der Waals surface area contributed by atoms with Crippen molar-refractivity contribution in [1.29, 1.82) is 0 Å². The number of pyridine rings is 1. The summed E-state index contributed by atoms with van der Waals surface area (Å²) in [5.41, 5.74) is 1.19. The van der Waals surface area contributed by atoms with Gasteiger partial charge in [-0.3, -0.25) is 0 Å². The number of nitrogens with one attached hydrogen (secondary N) is 1. The lowest BCUT2D eigenvalue weighted by atomic mass is 10.3. The molecule has 0 bridgehead atoms. The number of anilines is 1. The molecule has 2 N–H and O–H groups in total. The molecule has 1 rings (SSSR count). The lowest BCUT2D eigenvalue weighted by Crippen LogP contribution is -2.06. The Hall–Kier alpha value is -0.260. The van der Waals surface area contributed by atoms with E-state index in [9.17, 15) is 0 Å². The maximum absolute atomic E-state index is 8.61. The molecule has 1 aromatic heterocycles. The molecule has 16 heavy (non-hydrogen) atoms. The van der Waals surface area contributed by atoms with Crippen LogP contribution in [-0.2, 0) is 0 Å². The predicted octanol–water partition coefficient (Wildman–Crippen LogP) is 2.68. The highest BCUT2D eigenvalue weighted by molar-refractivity contribution is 9.10. The topological polar surface area (TPSA) is 45.1 Å². The van der Waals surface area contributed by atoms with Crippen LogP contribution in [0.4, 0.5) is 5.82 Å². The van der Waals surface area contributed by atoms with E-state index in [0.717, 1.165) is 34.8 Å². The average molecular weight is 305 g/mol. The van der Waals surface area contributed by atoms with Crippen molar-refractivity contribution in [1.82, 2.24) is 4.98 Å². The smallest absolute Gasteiger partial charge is 0.126 e. The Morgan fingerprint density at radius 2 is 2.31 bits per heavy atom. The van der Waals surface area contributed by atoms with E-state index in [4.69, 9.17) is 5.11 Å². The van der Waals surface area contributed by atoms with E-state index >= 15 is 0 Å². The third-order valence-electron chi connectivity index (χ3n) is 2.05. The largest absolute Gasteiger partial charge is 0.396 e. The van der Waals surface area contributed by atoms with Gasteiger partial charge in [0.2, 0.25) is 0 Å². The Balaban J connectivity index is 2.19. The number of nitrogens with zero attached hydrogens (tertiary/aromatic N) is 1. The molecule has 90 valence electrons. The van der Waals surface area contributed by atoms with Crippen molar-refractivity contribution in [3.8, 4) is 0 Å². The first-order chi connectivity index (χ1) is 7.74. The van der Waals surface area contributed by atoms with Crippen LogP contribution in [0, 0.1) is 6.92 Å². The molecule has 0 spiro atoms. The van der Waals surface area contributed by atoms with Crippen molar-refractivity contribution >= 4 is 33.5 Å². The van der Waals surface area contributed by atoms with E-state index in [1.165, 1.54) is 5.56 Å². The number of aromatic nitrogens is 1. The van der Waals surface area contributed by atoms with Crippen LogP contribution in [0.25, 0.3) is 0 Å². The maximum Gasteiger partial charge on any atom is 0.126 e. The Kier molecular flexibility index (Phi) is 6.84. The van der Waals surface area contributed by atoms with Crippen LogP contribution in [0.2, 0.25) is 0 Å². The lowest BCUT2D eigenvalue weighted by Gasteiger charge is -2.06. The zero-order valence-corrected chi connectivity index (χ0v) is 11.8. The van der Waals surface area contributed by atoms with E-state index in [1.54, 1.807) is 0 Å². The minimum absolute atomic E-state index is 0.286. The van der Waals surface area contributed by atoms with Gasteiger partial charge in [-0.05, 0) is 46.7 Å². The van der Waals surface area contributed by atoms with Gasteiger partial charge in [0.25, 0.3) is 0 Å². The lowest BCUT2D eigenvalue weighted by molar-refractivity contribution is 0.296. The zero-order valence-electron chi connectivity index (χ0n) is 9.37. The van der Waals surface area contributed by atoms with Crippen molar-refractivity contribution in [2.24, 2.45) is 0 Å². The van der Waals surface area contributed by atoms with Crippen molar-refractivity contribution in [2.75, 3.05) is 30.0 Å². The molecule has 0 aromatic carbocycles. The number of hydrogen-bond donors (Lipinski definition) is 2. The van der Waals surface area contributed by atoms with E-state index in [-0.39, 0.29) is 6.61 Å². The minimum atomic E-state index is 0.286. The van der Waals surface area contributed by atoms with E-state index in [1.807, 2.05) is 30.9 Å². The second kappa shape index (κ2) is 7.92. The summed E-state index contributed by atoms with van der Waals surface area (Å²) in [5.74, 6) is 2.98. The first kappa shape index (κ1) is 13.8. The predicted molar refractivity (Wildman–Crippen MR) is 74.2 cm³/mol. The fourth-order valence-corrected chi connectivity index (χ4v) is 2.16. The molecule has 1 heterocycles. The molecule has 1 aromatic rings. The molecular weight excluding hydrogens is 288 g/mol. The number of aliphatic hydroxyl groups excluding tert-OH is 1. The quantitative estimate of drug-likeness (QED) is 0.760. The SMILES string of the molecule is Cc1cc(NCCSCCCO)ncc1Br. The molecule has 0 unspecified atom stereocenters.